The lowest BCUT2D eigenvalue weighted by Gasteiger charge is -2.09. The Morgan fingerprint density at radius 3 is 1.97 bits per heavy atom. The topological polar surface area (TPSA) is 4.93 Å². The molecule has 0 bridgehead atoms. The van der Waals surface area contributed by atoms with Crippen molar-refractivity contribution in [3.8, 4) is 16.8 Å². The van der Waals surface area contributed by atoms with Gasteiger partial charge >= 0.3 is 0 Å². The van der Waals surface area contributed by atoms with Gasteiger partial charge in [-0.2, -0.15) is 0 Å². The molecule has 0 aliphatic heterocycles. The number of hydrogen-bond donors (Lipinski definition) is 0. The Kier molecular flexibility index (Phi) is 4.43. The first-order valence-corrected chi connectivity index (χ1v) is 14.8. The van der Waals surface area contributed by atoms with Crippen molar-refractivity contribution in [2.24, 2.45) is 0 Å². The van der Waals surface area contributed by atoms with Gasteiger partial charge in [-0.15, -0.1) is 22.7 Å². The molecule has 3 heterocycles. The summed E-state index contributed by atoms with van der Waals surface area (Å²) in [6.07, 6.45) is 0. The standard InChI is InChI=1S/C36H21NS2/c1-2-8-22(9-3-1)23-14-16-27-28-17-15-24(21-34(28)38-33(27)20-23)37-31-12-6-4-10-25(31)29-18-19-30-26-11-5-7-13-32(26)39-36(30)35(29)37/h1-21H. The summed E-state index contributed by atoms with van der Waals surface area (Å²) in [5.41, 5.74) is 6.30. The van der Waals surface area contributed by atoms with Gasteiger partial charge in [-0.25, -0.2) is 0 Å². The van der Waals surface area contributed by atoms with E-state index in [-0.39, 0.29) is 0 Å². The molecule has 182 valence electrons. The summed E-state index contributed by atoms with van der Waals surface area (Å²) in [7, 11) is 0. The molecule has 3 aromatic heterocycles. The summed E-state index contributed by atoms with van der Waals surface area (Å²) >= 11 is 3.79. The number of benzene rings is 6. The highest BCUT2D eigenvalue weighted by Gasteiger charge is 2.18. The molecule has 39 heavy (non-hydrogen) atoms. The molecule has 0 aliphatic rings. The number of aromatic nitrogens is 1. The van der Waals surface area contributed by atoms with E-state index in [1.165, 1.54) is 79.0 Å². The minimum atomic E-state index is 1.22. The van der Waals surface area contributed by atoms with Crippen LogP contribution in [0.4, 0.5) is 0 Å². The van der Waals surface area contributed by atoms with Crippen molar-refractivity contribution in [1.82, 2.24) is 4.57 Å². The Morgan fingerprint density at radius 1 is 0.410 bits per heavy atom. The maximum absolute atomic E-state index is 2.49. The van der Waals surface area contributed by atoms with Crippen LogP contribution in [0.15, 0.2) is 127 Å². The summed E-state index contributed by atoms with van der Waals surface area (Å²) in [5.74, 6) is 0. The van der Waals surface area contributed by atoms with Crippen LogP contribution in [0.2, 0.25) is 0 Å². The Balaban J connectivity index is 1.33. The molecule has 0 aliphatic carbocycles. The van der Waals surface area contributed by atoms with Gasteiger partial charge in [-0.3, -0.25) is 0 Å². The van der Waals surface area contributed by atoms with Crippen molar-refractivity contribution in [3.63, 3.8) is 0 Å². The van der Waals surface area contributed by atoms with Crippen LogP contribution >= 0.6 is 22.7 Å². The van der Waals surface area contributed by atoms with Gasteiger partial charge in [-0.05, 0) is 41.5 Å². The molecule has 0 unspecified atom stereocenters. The third-order valence-corrected chi connectivity index (χ3v) is 10.3. The van der Waals surface area contributed by atoms with Crippen molar-refractivity contribution in [2.75, 3.05) is 0 Å². The molecule has 0 radical (unpaired) electrons. The van der Waals surface area contributed by atoms with Crippen LogP contribution < -0.4 is 0 Å². The molecule has 1 nitrogen and oxygen atoms in total. The smallest absolute Gasteiger partial charge is 0.0719 e. The molecule has 9 rings (SSSR count). The largest absolute Gasteiger partial charge is 0.308 e. The van der Waals surface area contributed by atoms with Crippen molar-refractivity contribution < 1.29 is 0 Å². The molecule has 0 spiro atoms. The van der Waals surface area contributed by atoms with Crippen molar-refractivity contribution in [1.29, 1.82) is 0 Å². The van der Waals surface area contributed by atoms with E-state index in [9.17, 15) is 0 Å². The number of hydrogen-bond acceptors (Lipinski definition) is 2. The quantitative estimate of drug-likeness (QED) is 0.209. The second-order valence-corrected chi connectivity index (χ2v) is 12.3. The predicted molar refractivity (Wildman–Crippen MR) is 172 cm³/mol. The zero-order chi connectivity index (χ0) is 25.5. The monoisotopic (exact) mass is 531 g/mol. The van der Waals surface area contributed by atoms with Crippen LogP contribution in [-0.4, -0.2) is 4.57 Å². The van der Waals surface area contributed by atoms with Gasteiger partial charge in [-0.1, -0.05) is 97.1 Å². The fraction of sp³-hybridized carbons (Fsp3) is 0. The maximum Gasteiger partial charge on any atom is 0.0719 e. The molecule has 0 saturated carbocycles. The zero-order valence-electron chi connectivity index (χ0n) is 20.9. The molecule has 0 fully saturated rings. The van der Waals surface area contributed by atoms with Crippen LogP contribution in [0.5, 0.6) is 0 Å². The van der Waals surface area contributed by atoms with Gasteiger partial charge in [0.1, 0.15) is 0 Å². The van der Waals surface area contributed by atoms with Crippen LogP contribution in [0, 0.1) is 0 Å². The van der Waals surface area contributed by atoms with Gasteiger partial charge < -0.3 is 4.57 Å². The first kappa shape index (κ1) is 21.5. The van der Waals surface area contributed by atoms with E-state index >= 15 is 0 Å². The van der Waals surface area contributed by atoms with E-state index in [1.54, 1.807) is 0 Å². The number of para-hydroxylation sites is 1. The van der Waals surface area contributed by atoms with Gasteiger partial charge in [0.25, 0.3) is 0 Å². The van der Waals surface area contributed by atoms with Gasteiger partial charge in [0.2, 0.25) is 0 Å². The fourth-order valence-electron chi connectivity index (χ4n) is 6.21. The van der Waals surface area contributed by atoms with Crippen LogP contribution in [0.25, 0.3) is 79.0 Å². The average molecular weight is 532 g/mol. The van der Waals surface area contributed by atoms with E-state index in [0.717, 1.165) is 0 Å². The molecule has 0 amide bonds. The summed E-state index contributed by atoms with van der Waals surface area (Å²) in [5, 5.41) is 7.94. The van der Waals surface area contributed by atoms with Crippen molar-refractivity contribution in [3.05, 3.63) is 127 Å². The normalized spacial score (nSPS) is 12.1. The number of nitrogens with zero attached hydrogens (tertiary/aromatic N) is 1. The Morgan fingerprint density at radius 2 is 1.08 bits per heavy atom. The third-order valence-electron chi connectivity index (χ3n) is 8.00. The van der Waals surface area contributed by atoms with Crippen LogP contribution in [0.3, 0.4) is 0 Å². The molecule has 6 aromatic carbocycles. The second-order valence-electron chi connectivity index (χ2n) is 10.1. The van der Waals surface area contributed by atoms with Gasteiger partial charge in [0.15, 0.2) is 0 Å². The van der Waals surface area contributed by atoms with Crippen LogP contribution in [0.1, 0.15) is 0 Å². The van der Waals surface area contributed by atoms with Gasteiger partial charge in [0.05, 0.1) is 15.7 Å². The third kappa shape index (κ3) is 3.06. The Bertz CT molecular complexity index is 2390. The number of fused-ring (bicyclic) bond motifs is 10. The lowest BCUT2D eigenvalue weighted by Crippen LogP contribution is -1.93. The van der Waals surface area contributed by atoms with E-state index in [1.807, 2.05) is 22.7 Å². The molecule has 0 saturated heterocycles. The molecular formula is C36H21NS2. The Labute approximate surface area is 232 Å². The molecular weight excluding hydrogens is 511 g/mol. The van der Waals surface area contributed by atoms with Crippen LogP contribution in [-0.2, 0) is 0 Å². The fourth-order valence-corrected chi connectivity index (χ4v) is 8.63. The number of rotatable bonds is 2. The molecule has 9 aromatic rings. The van der Waals surface area contributed by atoms with Crippen molar-refractivity contribution in [2.45, 2.75) is 0 Å². The second kappa shape index (κ2) is 8.03. The minimum absolute atomic E-state index is 1.22. The highest BCUT2D eigenvalue weighted by Crippen LogP contribution is 2.44. The van der Waals surface area contributed by atoms with E-state index in [4.69, 9.17) is 0 Å². The molecule has 0 atom stereocenters. The summed E-state index contributed by atoms with van der Waals surface area (Å²) in [6, 6.07) is 46.8. The highest BCUT2D eigenvalue weighted by atomic mass is 32.1. The lowest BCUT2D eigenvalue weighted by molar-refractivity contribution is 1.19. The maximum atomic E-state index is 2.49. The predicted octanol–water partition coefficient (Wildman–Crippen LogP) is 11.2. The van der Waals surface area contributed by atoms with E-state index < -0.39 is 0 Å². The lowest BCUT2D eigenvalue weighted by atomic mass is 10.0. The molecule has 3 heteroatoms. The summed E-state index contributed by atoms with van der Waals surface area (Å²) < 4.78 is 7.83. The summed E-state index contributed by atoms with van der Waals surface area (Å²) in [4.78, 5) is 0. The highest BCUT2D eigenvalue weighted by molar-refractivity contribution is 7.26. The van der Waals surface area contributed by atoms with E-state index in [0.29, 0.717) is 0 Å². The number of thiophene rings is 2. The Hall–Kier alpha value is -4.44. The first-order chi connectivity index (χ1) is 19.3. The average Bonchev–Trinajstić information content (AvgIpc) is 3.66. The van der Waals surface area contributed by atoms with E-state index in [2.05, 4.69) is 132 Å². The SMILES string of the molecule is c1ccc(-c2ccc3c(c2)sc2cc(-n4c5ccccc5c5ccc6c7ccccc7sc6c54)ccc23)cc1. The summed E-state index contributed by atoms with van der Waals surface area (Å²) in [6.45, 7) is 0. The molecule has 0 N–H and O–H groups in total. The minimum Gasteiger partial charge on any atom is -0.308 e. The zero-order valence-corrected chi connectivity index (χ0v) is 22.5. The van der Waals surface area contributed by atoms with Gasteiger partial charge in [0, 0.05) is 52.1 Å². The van der Waals surface area contributed by atoms with Crippen molar-refractivity contribution >= 4 is 84.8 Å². The first-order valence-electron chi connectivity index (χ1n) is 13.2.